The van der Waals surface area contributed by atoms with Gasteiger partial charge in [0.1, 0.15) is 11.5 Å². The van der Waals surface area contributed by atoms with Crippen molar-refractivity contribution >= 4 is 28.1 Å². The van der Waals surface area contributed by atoms with Crippen LogP contribution in [0.4, 0.5) is 0 Å². The van der Waals surface area contributed by atoms with E-state index in [-0.39, 0.29) is 12.5 Å². The van der Waals surface area contributed by atoms with Gasteiger partial charge < -0.3 is 9.47 Å². The van der Waals surface area contributed by atoms with E-state index >= 15 is 0 Å². The maximum atomic E-state index is 11.8. The molecule has 0 radical (unpaired) electrons. The van der Waals surface area contributed by atoms with Crippen LogP contribution in [0.5, 0.6) is 11.5 Å². The Morgan fingerprint density at radius 2 is 2.08 bits per heavy atom. The van der Waals surface area contributed by atoms with Gasteiger partial charge in [0, 0.05) is 0 Å². The highest BCUT2D eigenvalue weighted by atomic mass is 79.9. The van der Waals surface area contributed by atoms with Crippen molar-refractivity contribution < 1.29 is 14.3 Å². The van der Waals surface area contributed by atoms with E-state index in [0.717, 1.165) is 15.8 Å². The average molecular weight is 405 g/mol. The lowest BCUT2D eigenvalue weighted by Gasteiger charge is -2.09. The summed E-state index contributed by atoms with van der Waals surface area (Å²) in [6, 6.07) is 13.2. The van der Waals surface area contributed by atoms with Crippen molar-refractivity contribution in [1.82, 2.24) is 5.43 Å². The number of ether oxygens (including phenoxy) is 2. The fourth-order valence-corrected chi connectivity index (χ4v) is 2.64. The van der Waals surface area contributed by atoms with Gasteiger partial charge in [-0.2, -0.15) is 5.10 Å². The van der Waals surface area contributed by atoms with Gasteiger partial charge in [-0.3, -0.25) is 4.79 Å². The van der Waals surface area contributed by atoms with E-state index in [9.17, 15) is 4.79 Å². The van der Waals surface area contributed by atoms with Crippen molar-refractivity contribution in [2.24, 2.45) is 5.10 Å². The number of benzene rings is 2. The van der Waals surface area contributed by atoms with Gasteiger partial charge in [-0.25, -0.2) is 5.43 Å². The van der Waals surface area contributed by atoms with E-state index in [4.69, 9.17) is 9.47 Å². The quantitative estimate of drug-likeness (QED) is 0.557. The van der Waals surface area contributed by atoms with Gasteiger partial charge in [-0.05, 0) is 63.3 Å². The maximum Gasteiger partial charge on any atom is 0.277 e. The van der Waals surface area contributed by atoms with Crippen molar-refractivity contribution in [1.29, 1.82) is 0 Å². The molecule has 0 aliphatic rings. The SMILES string of the molecule is COc1ccc(/C=N/NC(=O)COc2cccc(C(C)C)c2)cc1Br. The zero-order valence-electron chi connectivity index (χ0n) is 14.5. The number of nitrogens with zero attached hydrogens (tertiary/aromatic N) is 1. The number of hydrogen-bond acceptors (Lipinski definition) is 4. The molecule has 0 saturated carbocycles. The second kappa shape index (κ2) is 9.22. The van der Waals surface area contributed by atoms with Crippen LogP contribution in [0.3, 0.4) is 0 Å². The van der Waals surface area contributed by atoms with Crippen LogP contribution >= 0.6 is 15.9 Å². The summed E-state index contributed by atoms with van der Waals surface area (Å²) in [6.07, 6.45) is 1.56. The van der Waals surface area contributed by atoms with E-state index in [1.807, 2.05) is 42.5 Å². The first-order valence-electron chi connectivity index (χ1n) is 7.88. The predicted octanol–water partition coefficient (Wildman–Crippen LogP) is 4.11. The number of hydrogen-bond donors (Lipinski definition) is 1. The number of carbonyl (C=O) groups is 1. The Bertz CT molecular complexity index is 760. The normalized spacial score (nSPS) is 10.9. The van der Waals surface area contributed by atoms with Crippen LogP contribution in [-0.2, 0) is 4.79 Å². The summed E-state index contributed by atoms with van der Waals surface area (Å²) >= 11 is 3.40. The van der Waals surface area contributed by atoms with E-state index in [1.54, 1.807) is 13.3 Å². The van der Waals surface area contributed by atoms with Crippen molar-refractivity contribution in [2.45, 2.75) is 19.8 Å². The first kappa shape index (κ1) is 19.0. The Kier molecular flexibility index (Phi) is 7.01. The summed E-state index contributed by atoms with van der Waals surface area (Å²) in [4.78, 5) is 11.8. The Morgan fingerprint density at radius 3 is 2.76 bits per heavy atom. The molecule has 2 rings (SSSR count). The Morgan fingerprint density at radius 1 is 1.28 bits per heavy atom. The standard InChI is InChI=1S/C19H21BrN2O3/c1-13(2)15-5-4-6-16(10-15)25-12-19(23)22-21-11-14-7-8-18(24-3)17(20)9-14/h4-11,13H,12H2,1-3H3,(H,22,23)/b21-11+. The number of nitrogens with one attached hydrogen (secondary N) is 1. The van der Waals surface area contributed by atoms with Crippen LogP contribution in [0.15, 0.2) is 52.0 Å². The lowest BCUT2D eigenvalue weighted by Crippen LogP contribution is -2.24. The van der Waals surface area contributed by atoms with Gasteiger partial charge in [-0.1, -0.05) is 26.0 Å². The molecule has 0 aliphatic carbocycles. The number of rotatable bonds is 7. The van der Waals surface area contributed by atoms with Crippen LogP contribution in [0.1, 0.15) is 30.9 Å². The molecular weight excluding hydrogens is 384 g/mol. The van der Waals surface area contributed by atoms with Gasteiger partial charge >= 0.3 is 0 Å². The van der Waals surface area contributed by atoms with Crippen molar-refractivity contribution in [2.75, 3.05) is 13.7 Å². The highest BCUT2D eigenvalue weighted by molar-refractivity contribution is 9.10. The monoisotopic (exact) mass is 404 g/mol. The first-order chi connectivity index (χ1) is 12.0. The molecule has 6 heteroatoms. The molecule has 5 nitrogen and oxygen atoms in total. The molecule has 0 saturated heterocycles. The molecule has 0 unspecified atom stereocenters. The molecule has 25 heavy (non-hydrogen) atoms. The highest BCUT2D eigenvalue weighted by Gasteiger charge is 2.04. The largest absolute Gasteiger partial charge is 0.496 e. The summed E-state index contributed by atoms with van der Waals surface area (Å²) in [5, 5.41) is 3.93. The van der Waals surface area contributed by atoms with Crippen LogP contribution < -0.4 is 14.9 Å². The van der Waals surface area contributed by atoms with Gasteiger partial charge in [-0.15, -0.1) is 0 Å². The van der Waals surface area contributed by atoms with Gasteiger partial charge in [0.25, 0.3) is 5.91 Å². The molecule has 132 valence electrons. The van der Waals surface area contributed by atoms with Crippen LogP contribution in [0.2, 0.25) is 0 Å². The smallest absolute Gasteiger partial charge is 0.277 e. The number of amides is 1. The van der Waals surface area contributed by atoms with E-state index in [1.165, 1.54) is 5.56 Å². The fraction of sp³-hybridized carbons (Fsp3) is 0.263. The van der Waals surface area contributed by atoms with Crippen LogP contribution in [-0.4, -0.2) is 25.8 Å². The van der Waals surface area contributed by atoms with Crippen LogP contribution in [0, 0.1) is 0 Å². The molecule has 0 aliphatic heterocycles. The molecule has 1 amide bonds. The van der Waals surface area contributed by atoms with Gasteiger partial charge in [0.05, 0.1) is 17.8 Å². The molecule has 0 bridgehead atoms. The summed E-state index contributed by atoms with van der Waals surface area (Å²) in [6.45, 7) is 4.13. The topological polar surface area (TPSA) is 59.9 Å². The van der Waals surface area contributed by atoms with Crippen molar-refractivity contribution in [3.63, 3.8) is 0 Å². The lowest BCUT2D eigenvalue weighted by atomic mass is 10.0. The summed E-state index contributed by atoms with van der Waals surface area (Å²) in [5.41, 5.74) is 4.45. The molecule has 0 spiro atoms. The minimum atomic E-state index is -0.321. The molecule has 2 aromatic rings. The van der Waals surface area contributed by atoms with E-state index in [0.29, 0.717) is 11.7 Å². The summed E-state index contributed by atoms with van der Waals surface area (Å²) < 4.78 is 11.5. The maximum absolute atomic E-state index is 11.8. The van der Waals surface area contributed by atoms with Crippen molar-refractivity contribution in [3.8, 4) is 11.5 Å². The summed E-state index contributed by atoms with van der Waals surface area (Å²) in [5.74, 6) is 1.49. The molecular formula is C19H21BrN2O3. The van der Waals surface area contributed by atoms with E-state index in [2.05, 4.69) is 40.3 Å². The van der Waals surface area contributed by atoms with Gasteiger partial charge in [0.2, 0.25) is 0 Å². The molecule has 0 heterocycles. The molecule has 1 N–H and O–H groups in total. The zero-order valence-corrected chi connectivity index (χ0v) is 16.0. The second-order valence-corrected chi connectivity index (χ2v) is 6.56. The first-order valence-corrected chi connectivity index (χ1v) is 8.67. The third-order valence-electron chi connectivity index (χ3n) is 3.47. The third kappa shape index (κ3) is 5.90. The Balaban J connectivity index is 1.84. The van der Waals surface area contributed by atoms with Gasteiger partial charge in [0.15, 0.2) is 6.61 Å². The van der Waals surface area contributed by atoms with Crippen LogP contribution in [0.25, 0.3) is 0 Å². The number of carbonyl (C=O) groups excluding carboxylic acids is 1. The number of methoxy groups -OCH3 is 1. The number of hydrazone groups is 1. The average Bonchev–Trinajstić information content (AvgIpc) is 2.60. The molecule has 0 aromatic heterocycles. The second-order valence-electron chi connectivity index (χ2n) is 5.70. The van der Waals surface area contributed by atoms with Crippen molar-refractivity contribution in [3.05, 3.63) is 58.1 Å². The molecule has 0 fully saturated rings. The number of halogens is 1. The van der Waals surface area contributed by atoms with E-state index < -0.39 is 0 Å². The molecule has 2 aromatic carbocycles. The highest BCUT2D eigenvalue weighted by Crippen LogP contribution is 2.24. The zero-order chi connectivity index (χ0) is 18.2. The summed E-state index contributed by atoms with van der Waals surface area (Å²) in [7, 11) is 1.60. The fourth-order valence-electron chi connectivity index (χ4n) is 2.09. The minimum Gasteiger partial charge on any atom is -0.496 e. The minimum absolute atomic E-state index is 0.0921. The Labute approximate surface area is 156 Å². The third-order valence-corrected chi connectivity index (χ3v) is 4.09. The lowest BCUT2D eigenvalue weighted by molar-refractivity contribution is -0.123. The molecule has 0 atom stereocenters. The Hall–Kier alpha value is -2.34. The predicted molar refractivity (Wildman–Crippen MR) is 102 cm³/mol.